The molecule has 0 radical (unpaired) electrons. The zero-order valence-electron chi connectivity index (χ0n) is 32.6. The van der Waals surface area contributed by atoms with Gasteiger partial charge in [-0.25, -0.2) is 0 Å². The number of nitrogens with zero attached hydrogens (tertiary/aromatic N) is 2. The Kier molecular flexibility index (Phi) is 7.49. The van der Waals surface area contributed by atoms with Gasteiger partial charge in [0.05, 0.1) is 0 Å². The molecule has 270 valence electrons. The number of fused-ring (bicyclic) bond motifs is 5. The van der Waals surface area contributed by atoms with Crippen molar-refractivity contribution < 1.29 is 9.47 Å². The lowest BCUT2D eigenvalue weighted by Crippen LogP contribution is -2.42. The third-order valence-electron chi connectivity index (χ3n) is 12.9. The van der Waals surface area contributed by atoms with E-state index >= 15 is 0 Å². The van der Waals surface area contributed by atoms with Crippen LogP contribution in [0.4, 0.5) is 34.1 Å². The average molecular weight is 709 g/mol. The quantitative estimate of drug-likeness (QED) is 0.161. The second-order valence-corrected chi connectivity index (χ2v) is 17.1. The fraction of sp³-hybridized carbons (Fsp3) is 0.240. The molecule has 0 unspecified atom stereocenters. The average Bonchev–Trinajstić information content (AvgIpc) is 3.46. The van der Waals surface area contributed by atoms with E-state index in [-0.39, 0.29) is 22.0 Å². The minimum Gasteiger partial charge on any atom is -0.487 e. The van der Waals surface area contributed by atoms with Crippen molar-refractivity contribution in [2.24, 2.45) is 0 Å². The molecule has 4 heteroatoms. The van der Waals surface area contributed by atoms with Gasteiger partial charge in [-0.3, -0.25) is 0 Å². The molecule has 4 nitrogen and oxygen atoms in total. The highest BCUT2D eigenvalue weighted by Gasteiger charge is 2.49. The summed E-state index contributed by atoms with van der Waals surface area (Å²) in [5, 5.41) is 4.85. The maximum absolute atomic E-state index is 6.43. The molecule has 0 spiro atoms. The highest BCUT2D eigenvalue weighted by atomic mass is 16.5. The molecule has 0 aromatic heterocycles. The highest BCUT2D eigenvalue weighted by molar-refractivity contribution is 6.09. The first-order valence-electron chi connectivity index (χ1n) is 19.1. The summed E-state index contributed by atoms with van der Waals surface area (Å²) in [4.78, 5) is 4.71. The molecule has 0 bridgehead atoms. The molecule has 0 aliphatic carbocycles. The Morgan fingerprint density at radius 1 is 0.352 bits per heavy atom. The van der Waals surface area contributed by atoms with Crippen molar-refractivity contribution in [1.29, 1.82) is 0 Å². The Labute approximate surface area is 319 Å². The van der Waals surface area contributed by atoms with Crippen molar-refractivity contribution in [3.05, 3.63) is 157 Å². The Bertz CT molecular complexity index is 2390. The number of hydrogen-bond acceptors (Lipinski definition) is 4. The minimum absolute atomic E-state index is 0.138. The summed E-state index contributed by atoms with van der Waals surface area (Å²) < 4.78 is 12.9. The third kappa shape index (κ3) is 5.18. The predicted molar refractivity (Wildman–Crippen MR) is 226 cm³/mol. The molecule has 0 amide bonds. The van der Waals surface area contributed by atoms with Gasteiger partial charge in [0, 0.05) is 56.1 Å². The summed E-state index contributed by atoms with van der Waals surface area (Å²) in [5.74, 6) is 1.94. The fourth-order valence-corrected chi connectivity index (χ4v) is 8.30. The molecule has 2 heterocycles. The van der Waals surface area contributed by atoms with E-state index in [0.717, 1.165) is 45.6 Å². The van der Waals surface area contributed by atoms with E-state index in [1.165, 1.54) is 32.7 Å². The van der Waals surface area contributed by atoms with Gasteiger partial charge >= 0.3 is 0 Å². The molecule has 54 heavy (non-hydrogen) atoms. The van der Waals surface area contributed by atoms with Gasteiger partial charge in [0.2, 0.25) is 0 Å². The molecule has 0 N–H and O–H groups in total. The van der Waals surface area contributed by atoms with E-state index in [2.05, 4.69) is 211 Å². The van der Waals surface area contributed by atoms with Crippen LogP contribution in [-0.2, 0) is 10.8 Å². The molecular weight excluding hydrogens is 661 g/mol. The fourth-order valence-electron chi connectivity index (χ4n) is 8.30. The van der Waals surface area contributed by atoms with E-state index in [9.17, 15) is 0 Å². The molecule has 0 saturated heterocycles. The van der Waals surface area contributed by atoms with Crippen molar-refractivity contribution in [2.45, 2.75) is 77.4 Å². The lowest BCUT2D eigenvalue weighted by molar-refractivity contribution is 0.0711. The second-order valence-electron chi connectivity index (χ2n) is 17.1. The van der Waals surface area contributed by atoms with Crippen molar-refractivity contribution in [3.63, 3.8) is 0 Å². The van der Waals surface area contributed by atoms with E-state index in [1.807, 2.05) is 0 Å². The normalized spacial score (nSPS) is 17.0. The molecule has 7 aromatic rings. The maximum atomic E-state index is 6.43. The largest absolute Gasteiger partial charge is 0.487 e. The lowest BCUT2D eigenvalue weighted by Gasteiger charge is -2.33. The van der Waals surface area contributed by atoms with E-state index < -0.39 is 0 Å². The number of hydrogen-bond donors (Lipinski definition) is 0. The highest BCUT2D eigenvalue weighted by Crippen LogP contribution is 2.52. The Morgan fingerprint density at radius 2 is 0.704 bits per heavy atom. The first kappa shape index (κ1) is 34.1. The first-order valence-corrected chi connectivity index (χ1v) is 19.1. The molecule has 7 aromatic carbocycles. The van der Waals surface area contributed by atoms with Crippen LogP contribution in [-0.4, -0.2) is 11.2 Å². The van der Waals surface area contributed by atoms with Crippen molar-refractivity contribution >= 4 is 55.7 Å². The number of benzene rings is 7. The van der Waals surface area contributed by atoms with Gasteiger partial charge in [0.25, 0.3) is 0 Å². The van der Waals surface area contributed by atoms with Gasteiger partial charge in [-0.05, 0) is 134 Å². The van der Waals surface area contributed by atoms with Crippen LogP contribution in [0.1, 0.15) is 66.5 Å². The molecular formula is C50H48N2O2. The molecule has 2 aliphatic rings. The van der Waals surface area contributed by atoms with Crippen LogP contribution in [0.3, 0.4) is 0 Å². The van der Waals surface area contributed by atoms with Gasteiger partial charge in [-0.2, -0.15) is 0 Å². The maximum Gasteiger partial charge on any atom is 0.124 e. The third-order valence-corrected chi connectivity index (χ3v) is 12.9. The van der Waals surface area contributed by atoms with Crippen LogP contribution in [0.15, 0.2) is 146 Å². The Hall–Kier alpha value is -5.74. The summed E-state index contributed by atoms with van der Waals surface area (Å²) in [6, 6.07) is 52.8. The van der Waals surface area contributed by atoms with Crippen LogP contribution in [0.25, 0.3) is 21.5 Å². The zero-order chi connectivity index (χ0) is 37.6. The van der Waals surface area contributed by atoms with Crippen LogP contribution in [0.5, 0.6) is 11.5 Å². The van der Waals surface area contributed by atoms with Gasteiger partial charge in [-0.15, -0.1) is 0 Å². The van der Waals surface area contributed by atoms with E-state index in [1.54, 1.807) is 0 Å². The number of ether oxygens (including phenoxy) is 2. The van der Waals surface area contributed by atoms with Gasteiger partial charge in [-0.1, -0.05) is 88.4 Å². The summed E-state index contributed by atoms with van der Waals surface area (Å²) in [6.07, 6.45) is 0. The van der Waals surface area contributed by atoms with Gasteiger partial charge in [0.1, 0.15) is 22.7 Å². The SMILES string of the molecule is CC1(C)Oc2ccc(N(c3ccccc3)c3ccc4c(ccc5cc(N(c6ccccc6)c6ccc7c(c6)C(C)(C)C(C)(C)O7)ccc54)c3)cc2C1(C)C. The Balaban J connectivity index is 1.13. The van der Waals surface area contributed by atoms with Gasteiger partial charge in [0.15, 0.2) is 0 Å². The molecule has 9 rings (SSSR count). The molecule has 0 fully saturated rings. The summed E-state index contributed by atoms with van der Waals surface area (Å²) in [6.45, 7) is 17.8. The minimum atomic E-state index is -0.294. The van der Waals surface area contributed by atoms with Crippen molar-refractivity contribution in [3.8, 4) is 11.5 Å². The van der Waals surface area contributed by atoms with Crippen LogP contribution < -0.4 is 19.3 Å². The molecule has 2 aliphatic heterocycles. The van der Waals surface area contributed by atoms with Crippen LogP contribution >= 0.6 is 0 Å². The van der Waals surface area contributed by atoms with Crippen molar-refractivity contribution in [1.82, 2.24) is 0 Å². The molecule has 0 atom stereocenters. The number of rotatable bonds is 6. The number of anilines is 6. The second kappa shape index (κ2) is 11.9. The zero-order valence-corrected chi connectivity index (χ0v) is 32.6. The standard InChI is InChI=1S/C50H48N2O2/c1-47(2)43-31-39(23-27-45(43)53-49(47,5)6)51(35-15-11-9-12-16-35)37-21-25-41-33(29-37)19-20-34-30-38(22-26-42(34)41)52(36-17-13-10-14-18-36)40-24-28-46-44(32-40)48(3,4)50(7,8)54-46/h9-32H,1-8H3. The van der Waals surface area contributed by atoms with Gasteiger partial charge < -0.3 is 19.3 Å². The van der Waals surface area contributed by atoms with Crippen molar-refractivity contribution in [2.75, 3.05) is 9.80 Å². The van der Waals surface area contributed by atoms with Crippen LogP contribution in [0, 0.1) is 0 Å². The van der Waals surface area contributed by atoms with E-state index in [4.69, 9.17) is 9.47 Å². The molecule has 0 saturated carbocycles. The Morgan fingerprint density at radius 3 is 1.09 bits per heavy atom. The smallest absolute Gasteiger partial charge is 0.124 e. The topological polar surface area (TPSA) is 24.9 Å². The summed E-state index contributed by atoms with van der Waals surface area (Å²) in [7, 11) is 0. The monoisotopic (exact) mass is 708 g/mol. The first-order chi connectivity index (χ1) is 25.7. The predicted octanol–water partition coefficient (Wildman–Crippen LogP) is 13.8. The van der Waals surface area contributed by atoms with E-state index in [0.29, 0.717) is 0 Å². The summed E-state index contributed by atoms with van der Waals surface area (Å²) >= 11 is 0. The van der Waals surface area contributed by atoms with Crippen LogP contribution in [0.2, 0.25) is 0 Å². The number of para-hydroxylation sites is 2. The lowest BCUT2D eigenvalue weighted by atomic mass is 9.74. The summed E-state index contributed by atoms with van der Waals surface area (Å²) in [5.41, 5.74) is 8.29.